The van der Waals surface area contributed by atoms with Crippen molar-refractivity contribution in [3.63, 3.8) is 0 Å². The summed E-state index contributed by atoms with van der Waals surface area (Å²) in [4.78, 5) is 10.4. The lowest BCUT2D eigenvalue weighted by Gasteiger charge is -1.80. The summed E-state index contributed by atoms with van der Waals surface area (Å²) >= 11 is 0.146. The van der Waals surface area contributed by atoms with Gasteiger partial charge in [-0.3, -0.25) is 0 Å². The van der Waals surface area contributed by atoms with Gasteiger partial charge in [-0.15, -0.1) is 0 Å². The highest BCUT2D eigenvalue weighted by atomic mass is 32.1. The van der Waals surface area contributed by atoms with Gasteiger partial charge in [-0.25, -0.2) is 9.00 Å². The highest BCUT2D eigenvalue weighted by Gasteiger charge is 2.12. The zero-order valence-electron chi connectivity index (χ0n) is 3.79. The molecule has 0 aromatic rings. The minimum Gasteiger partial charge on any atom is -0.430 e. The fourth-order valence-corrected chi connectivity index (χ4v) is 0.573. The molecule has 0 aromatic heterocycles. The molecule has 0 atom stereocenters. The Balaban J connectivity index is 2.99. The number of hydrogen-bond acceptors (Lipinski definition) is 3. The van der Waals surface area contributed by atoms with E-state index in [4.69, 9.17) is 0 Å². The second-order valence-corrected chi connectivity index (χ2v) is 1.76. The first kappa shape index (κ1) is 5.24. The lowest BCUT2D eigenvalue weighted by Crippen LogP contribution is -2.05. The monoisotopic (exact) mass is 130 g/mol. The van der Waals surface area contributed by atoms with Gasteiger partial charge >= 0.3 is 5.97 Å². The first-order valence-corrected chi connectivity index (χ1v) is 2.63. The van der Waals surface area contributed by atoms with Crippen LogP contribution in [0.4, 0.5) is 0 Å². The smallest absolute Gasteiger partial charge is 0.356 e. The van der Waals surface area contributed by atoms with Gasteiger partial charge in [-0.05, 0) is 0 Å². The van der Waals surface area contributed by atoms with Crippen LogP contribution in [0.5, 0.6) is 0 Å². The summed E-state index contributed by atoms with van der Waals surface area (Å²) in [5.74, 6) is -0.551. The topological polar surface area (TPSA) is 43.4 Å². The van der Waals surface area contributed by atoms with Crippen molar-refractivity contribution in [3.8, 4) is 0 Å². The van der Waals surface area contributed by atoms with Gasteiger partial charge in [0.1, 0.15) is 11.3 Å². The van der Waals surface area contributed by atoms with Crippen molar-refractivity contribution in [2.45, 2.75) is 0 Å². The van der Waals surface area contributed by atoms with Crippen LogP contribution in [0, 0.1) is 0 Å². The Hall–Kier alpha value is -0.900. The Bertz CT molecular complexity index is 199. The molecule has 1 rings (SSSR count). The van der Waals surface area contributed by atoms with E-state index < -0.39 is 5.97 Å². The first-order chi connectivity index (χ1) is 3.84. The Labute approximate surface area is 49.0 Å². The third kappa shape index (κ3) is 0.696. The normalized spacial score (nSPS) is 16.5. The van der Waals surface area contributed by atoms with Gasteiger partial charge < -0.3 is 4.74 Å². The van der Waals surface area contributed by atoms with E-state index in [0.29, 0.717) is 0 Å². The van der Waals surface area contributed by atoms with Crippen molar-refractivity contribution < 1.29 is 13.7 Å². The maximum absolute atomic E-state index is 10.3. The Morgan fingerprint density at radius 3 is 2.62 bits per heavy atom. The molecule has 0 bridgehead atoms. The summed E-state index contributed by atoms with van der Waals surface area (Å²) in [5.41, 5.74) is 0. The van der Waals surface area contributed by atoms with E-state index in [1.54, 1.807) is 0 Å². The second-order valence-electron chi connectivity index (χ2n) is 1.16. The highest BCUT2D eigenvalue weighted by molar-refractivity contribution is 7.69. The third-order valence-electron chi connectivity index (χ3n) is 0.685. The highest BCUT2D eigenvalue weighted by Crippen LogP contribution is 1.93. The summed E-state index contributed by atoms with van der Waals surface area (Å²) in [6, 6.07) is 0. The molecule has 42 valence electrons. The van der Waals surface area contributed by atoms with Crippen LogP contribution in [0.1, 0.15) is 0 Å². The van der Waals surface area contributed by atoms with Gasteiger partial charge in [-0.2, -0.15) is 0 Å². The molecule has 3 nitrogen and oxygen atoms in total. The molecule has 4 heteroatoms. The number of esters is 1. The van der Waals surface area contributed by atoms with E-state index >= 15 is 0 Å². The average molecular weight is 130 g/mol. The number of cyclic esters (lactones) is 1. The molecule has 0 fully saturated rings. The minimum atomic E-state index is -0.551. The van der Waals surface area contributed by atoms with Crippen LogP contribution in [0.3, 0.4) is 0 Å². The summed E-state index contributed by atoms with van der Waals surface area (Å²) < 4.78 is 14.1. The lowest BCUT2D eigenvalue weighted by atomic mass is 10.5. The lowest BCUT2D eigenvalue weighted by molar-refractivity contribution is -0.129. The molecule has 1 heterocycles. The van der Waals surface area contributed by atoms with Gasteiger partial charge in [0.25, 0.3) is 0 Å². The summed E-state index contributed by atoms with van der Waals surface area (Å²) in [5, 5.41) is 0. The number of rotatable bonds is 0. The molecule has 1 aliphatic rings. The number of ether oxygens (including phenoxy) is 1. The molecule has 0 spiro atoms. The fourth-order valence-electron chi connectivity index (χ4n) is 0.346. The standard InChI is InChI=1S/C4H2O3S/c5-4-3(8-6)1-2-7-4/h1-2H. The zero-order valence-corrected chi connectivity index (χ0v) is 4.60. The van der Waals surface area contributed by atoms with Gasteiger partial charge in [0.05, 0.1) is 6.26 Å². The average Bonchev–Trinajstić information content (AvgIpc) is 2.14. The molecule has 0 unspecified atom stereocenters. The third-order valence-corrected chi connectivity index (χ3v) is 1.17. The van der Waals surface area contributed by atoms with Crippen LogP contribution in [0.2, 0.25) is 0 Å². The Kier molecular flexibility index (Phi) is 1.26. The SMILES string of the molecule is O=S=C1C=COC1=O. The van der Waals surface area contributed by atoms with Gasteiger partial charge in [0.2, 0.25) is 0 Å². The molecule has 0 saturated carbocycles. The maximum Gasteiger partial charge on any atom is 0.356 e. The molecular formula is C4H2O3S. The molecule has 0 radical (unpaired) electrons. The zero-order chi connectivity index (χ0) is 5.98. The van der Waals surface area contributed by atoms with Crippen LogP contribution in [0.15, 0.2) is 12.3 Å². The number of carbonyl (C=O) groups is 1. The van der Waals surface area contributed by atoms with Crippen LogP contribution in [-0.2, 0) is 20.8 Å². The van der Waals surface area contributed by atoms with Crippen molar-refractivity contribution in [1.82, 2.24) is 0 Å². The summed E-state index contributed by atoms with van der Waals surface area (Å²) in [7, 11) is 0. The summed E-state index contributed by atoms with van der Waals surface area (Å²) in [6.45, 7) is 0. The predicted octanol–water partition coefficient (Wildman–Crippen LogP) is -0.558. The van der Waals surface area contributed by atoms with Gasteiger partial charge in [0.15, 0.2) is 4.86 Å². The molecule has 0 aliphatic carbocycles. The number of hydrogen-bond donors (Lipinski definition) is 0. The molecule has 0 N–H and O–H groups in total. The fraction of sp³-hybridized carbons (Fsp3) is 0. The predicted molar refractivity (Wildman–Crippen MR) is 28.4 cm³/mol. The van der Waals surface area contributed by atoms with Crippen LogP contribution >= 0.6 is 0 Å². The van der Waals surface area contributed by atoms with E-state index in [-0.39, 0.29) is 16.1 Å². The van der Waals surface area contributed by atoms with Crippen LogP contribution < -0.4 is 0 Å². The van der Waals surface area contributed by atoms with Crippen molar-refractivity contribution in [3.05, 3.63) is 12.3 Å². The van der Waals surface area contributed by atoms with E-state index in [1.807, 2.05) is 0 Å². The van der Waals surface area contributed by atoms with Gasteiger partial charge in [0, 0.05) is 6.08 Å². The summed E-state index contributed by atoms with van der Waals surface area (Å²) in [6.07, 6.45) is 2.54. The quantitative estimate of drug-likeness (QED) is 0.326. The molecule has 0 amide bonds. The van der Waals surface area contributed by atoms with Crippen molar-refractivity contribution in [2.24, 2.45) is 0 Å². The largest absolute Gasteiger partial charge is 0.430 e. The van der Waals surface area contributed by atoms with E-state index in [0.717, 1.165) is 0 Å². The molecule has 1 aliphatic heterocycles. The molecular weight excluding hydrogens is 128 g/mol. The van der Waals surface area contributed by atoms with E-state index in [1.165, 1.54) is 12.3 Å². The minimum absolute atomic E-state index is 0.116. The first-order valence-electron chi connectivity index (χ1n) is 1.89. The van der Waals surface area contributed by atoms with E-state index in [9.17, 15) is 9.00 Å². The molecule has 0 aromatic carbocycles. The van der Waals surface area contributed by atoms with Crippen molar-refractivity contribution in [2.75, 3.05) is 0 Å². The Morgan fingerprint density at radius 2 is 2.38 bits per heavy atom. The Morgan fingerprint density at radius 1 is 1.62 bits per heavy atom. The van der Waals surface area contributed by atoms with Crippen molar-refractivity contribution >= 4 is 22.1 Å². The number of carbonyl (C=O) groups excluding carboxylic acids is 1. The van der Waals surface area contributed by atoms with E-state index in [2.05, 4.69) is 4.74 Å². The van der Waals surface area contributed by atoms with Crippen LogP contribution in [0.25, 0.3) is 0 Å². The van der Waals surface area contributed by atoms with Crippen molar-refractivity contribution in [1.29, 1.82) is 0 Å². The molecule has 0 saturated heterocycles. The second kappa shape index (κ2) is 1.92. The molecule has 8 heavy (non-hydrogen) atoms. The van der Waals surface area contributed by atoms with Gasteiger partial charge in [-0.1, -0.05) is 0 Å². The van der Waals surface area contributed by atoms with Crippen LogP contribution in [-0.4, -0.2) is 15.0 Å². The maximum atomic E-state index is 10.3.